The molecule has 0 fully saturated rings. The highest BCUT2D eigenvalue weighted by atomic mass is 19.1. The van der Waals surface area contributed by atoms with Crippen molar-refractivity contribution >= 4 is 18.2 Å². The number of halogens is 1. The first-order chi connectivity index (χ1) is 10.5. The summed E-state index contributed by atoms with van der Waals surface area (Å²) in [7, 11) is 1.27. The molecule has 0 atom stereocenters. The highest BCUT2D eigenvalue weighted by Gasteiger charge is 2.53. The average molecular weight is 313 g/mol. The Labute approximate surface area is 126 Å². The van der Waals surface area contributed by atoms with Gasteiger partial charge in [-0.1, -0.05) is 0 Å². The van der Waals surface area contributed by atoms with Crippen LogP contribution in [0.3, 0.4) is 0 Å². The fourth-order valence-electron chi connectivity index (χ4n) is 1.79. The Balaban J connectivity index is 3.58. The zero-order chi connectivity index (χ0) is 16.8. The number of hydrogen-bond acceptors (Lipinski definition) is 7. The molecule has 22 heavy (non-hydrogen) atoms. The van der Waals surface area contributed by atoms with Crippen molar-refractivity contribution < 1.29 is 33.0 Å². The summed E-state index contributed by atoms with van der Waals surface area (Å²) in [5, 5.41) is 0. The van der Waals surface area contributed by atoms with Crippen molar-refractivity contribution in [1.29, 1.82) is 0 Å². The fourth-order valence-corrected chi connectivity index (χ4v) is 1.79. The number of carbonyl (C=O) groups excluding carboxylic acids is 3. The quantitative estimate of drug-likeness (QED) is 0.417. The zero-order valence-corrected chi connectivity index (χ0v) is 12.4. The van der Waals surface area contributed by atoms with Crippen molar-refractivity contribution in [3.63, 3.8) is 0 Å². The van der Waals surface area contributed by atoms with Gasteiger partial charge in [0.15, 0.2) is 6.29 Å². The van der Waals surface area contributed by atoms with Crippen LogP contribution >= 0.6 is 0 Å². The molecule has 120 valence electrons. The third-order valence-electron chi connectivity index (χ3n) is 2.84. The lowest BCUT2D eigenvalue weighted by atomic mass is 9.82. The number of aldehydes is 1. The van der Waals surface area contributed by atoms with Gasteiger partial charge < -0.3 is 19.0 Å². The lowest BCUT2D eigenvalue weighted by molar-refractivity contribution is -0.165. The van der Waals surface area contributed by atoms with Gasteiger partial charge in [0.2, 0.25) is 11.3 Å². The predicted octanol–water partition coefficient (Wildman–Crippen LogP) is 0.792. The van der Waals surface area contributed by atoms with E-state index in [0.29, 0.717) is 0 Å². The molecule has 7 nitrogen and oxygen atoms in total. The Hall–Kier alpha value is -2.51. The topological polar surface area (TPSA) is 91.8 Å². The van der Waals surface area contributed by atoms with Crippen LogP contribution in [-0.4, -0.2) is 43.5 Å². The van der Waals surface area contributed by atoms with Gasteiger partial charge in [0.05, 0.1) is 26.5 Å². The summed E-state index contributed by atoms with van der Waals surface area (Å²) in [5.41, 5.74) is -3.10. The summed E-state index contributed by atoms with van der Waals surface area (Å²) < 4.78 is 28.4. The molecule has 0 saturated heterocycles. The summed E-state index contributed by atoms with van der Waals surface area (Å²) in [6, 6.07) is 0.984. The maximum absolute atomic E-state index is 14.1. The Kier molecular flexibility index (Phi) is 5.97. The minimum absolute atomic E-state index is 0.000833. The maximum atomic E-state index is 14.1. The number of aromatic nitrogens is 1. The summed E-state index contributed by atoms with van der Waals surface area (Å²) in [6.45, 7) is 2.78. The number of carbonyl (C=O) groups is 3. The number of hydrogen-bond donors (Lipinski definition) is 0. The number of nitrogens with zero attached hydrogens (tertiary/aromatic N) is 1. The van der Waals surface area contributed by atoms with Crippen molar-refractivity contribution in [1.82, 2.24) is 4.98 Å². The monoisotopic (exact) mass is 313 g/mol. The van der Waals surface area contributed by atoms with E-state index < -0.39 is 28.7 Å². The van der Waals surface area contributed by atoms with Crippen molar-refractivity contribution in [3.05, 3.63) is 23.6 Å². The second-order valence-electron chi connectivity index (χ2n) is 4.07. The SMILES string of the molecule is CCOC(=O)C(C=O)(C(=O)OCC)c1cc(OC)ncc1F. The second kappa shape index (κ2) is 7.48. The highest BCUT2D eigenvalue weighted by Crippen LogP contribution is 2.30. The summed E-state index contributed by atoms with van der Waals surface area (Å²) in [4.78, 5) is 39.5. The lowest BCUT2D eigenvalue weighted by Crippen LogP contribution is -2.48. The van der Waals surface area contributed by atoms with Crippen LogP contribution < -0.4 is 4.74 Å². The van der Waals surface area contributed by atoms with Crippen LogP contribution in [0.15, 0.2) is 12.3 Å². The smallest absolute Gasteiger partial charge is 0.335 e. The van der Waals surface area contributed by atoms with Gasteiger partial charge in [-0.25, -0.2) is 19.0 Å². The molecule has 0 radical (unpaired) electrons. The van der Waals surface area contributed by atoms with E-state index >= 15 is 0 Å². The van der Waals surface area contributed by atoms with Gasteiger partial charge in [0.25, 0.3) is 0 Å². The van der Waals surface area contributed by atoms with Gasteiger partial charge in [-0.2, -0.15) is 0 Å². The van der Waals surface area contributed by atoms with Crippen LogP contribution in [0.5, 0.6) is 5.88 Å². The van der Waals surface area contributed by atoms with Crippen LogP contribution in [-0.2, 0) is 29.3 Å². The predicted molar refractivity (Wildman–Crippen MR) is 71.8 cm³/mol. The molecule has 1 heterocycles. The lowest BCUT2D eigenvalue weighted by Gasteiger charge is -2.24. The second-order valence-corrected chi connectivity index (χ2v) is 4.07. The molecule has 0 aliphatic carbocycles. The van der Waals surface area contributed by atoms with E-state index in [1.807, 2.05) is 0 Å². The molecule has 0 aliphatic rings. The van der Waals surface area contributed by atoms with E-state index in [1.54, 1.807) is 0 Å². The normalized spacial score (nSPS) is 10.7. The number of pyridine rings is 1. The molecule has 0 spiro atoms. The number of methoxy groups -OCH3 is 1. The van der Waals surface area contributed by atoms with E-state index in [4.69, 9.17) is 14.2 Å². The van der Waals surface area contributed by atoms with Crippen molar-refractivity contribution in [2.45, 2.75) is 19.3 Å². The van der Waals surface area contributed by atoms with Gasteiger partial charge in [-0.3, -0.25) is 0 Å². The summed E-state index contributed by atoms with van der Waals surface area (Å²) >= 11 is 0. The van der Waals surface area contributed by atoms with E-state index in [9.17, 15) is 18.8 Å². The standard InChI is InChI=1S/C14H16FNO6/c1-4-21-12(18)14(8-17,13(19)22-5-2)9-6-11(20-3)16-7-10(9)15/h6-8H,4-5H2,1-3H3. The molecular formula is C14H16FNO6. The van der Waals surface area contributed by atoms with Crippen molar-refractivity contribution in [2.75, 3.05) is 20.3 Å². The van der Waals surface area contributed by atoms with Gasteiger partial charge in [-0.05, 0) is 13.8 Å². The summed E-state index contributed by atoms with van der Waals surface area (Å²) in [6.07, 6.45) is 0.742. The first-order valence-corrected chi connectivity index (χ1v) is 6.48. The minimum Gasteiger partial charge on any atom is -0.481 e. The molecule has 0 saturated carbocycles. The van der Waals surface area contributed by atoms with Gasteiger partial charge in [-0.15, -0.1) is 0 Å². The number of rotatable bonds is 7. The maximum Gasteiger partial charge on any atom is 0.335 e. The van der Waals surface area contributed by atoms with E-state index in [0.717, 1.165) is 12.3 Å². The number of esters is 2. The van der Waals surface area contributed by atoms with E-state index in [1.165, 1.54) is 21.0 Å². The zero-order valence-electron chi connectivity index (χ0n) is 12.4. The van der Waals surface area contributed by atoms with Crippen LogP contribution in [0.4, 0.5) is 4.39 Å². The molecule has 0 bridgehead atoms. The minimum atomic E-state index is -2.56. The average Bonchev–Trinajstić information content (AvgIpc) is 2.50. The van der Waals surface area contributed by atoms with Gasteiger partial charge >= 0.3 is 11.9 Å². The molecular weight excluding hydrogens is 297 g/mol. The Morgan fingerprint density at radius 2 is 1.82 bits per heavy atom. The first kappa shape index (κ1) is 17.5. The van der Waals surface area contributed by atoms with E-state index in [-0.39, 0.29) is 25.4 Å². The molecule has 0 aromatic carbocycles. The summed E-state index contributed by atoms with van der Waals surface area (Å²) in [5.74, 6) is -3.56. The molecule has 1 aromatic rings. The highest BCUT2D eigenvalue weighted by molar-refractivity contribution is 6.19. The van der Waals surface area contributed by atoms with Crippen LogP contribution in [0.2, 0.25) is 0 Å². The molecule has 0 aliphatic heterocycles. The van der Waals surface area contributed by atoms with Crippen LogP contribution in [0, 0.1) is 5.82 Å². The third-order valence-corrected chi connectivity index (χ3v) is 2.84. The van der Waals surface area contributed by atoms with Crippen molar-refractivity contribution in [3.8, 4) is 5.88 Å². The molecule has 1 aromatic heterocycles. The largest absolute Gasteiger partial charge is 0.481 e. The molecule has 1 rings (SSSR count). The Bertz CT molecular complexity index is 556. The van der Waals surface area contributed by atoms with Gasteiger partial charge in [0, 0.05) is 11.6 Å². The first-order valence-electron chi connectivity index (χ1n) is 6.48. The fraction of sp³-hybridized carbons (Fsp3) is 0.429. The van der Waals surface area contributed by atoms with Crippen LogP contribution in [0.25, 0.3) is 0 Å². The Morgan fingerprint density at radius 1 is 1.27 bits per heavy atom. The molecule has 0 unspecified atom stereocenters. The molecule has 8 heteroatoms. The molecule has 0 N–H and O–H groups in total. The van der Waals surface area contributed by atoms with Gasteiger partial charge in [0.1, 0.15) is 5.82 Å². The number of ether oxygens (including phenoxy) is 3. The van der Waals surface area contributed by atoms with Crippen LogP contribution in [0.1, 0.15) is 19.4 Å². The van der Waals surface area contributed by atoms with Crippen molar-refractivity contribution in [2.24, 2.45) is 0 Å². The molecule has 0 amide bonds. The Morgan fingerprint density at radius 3 is 2.23 bits per heavy atom. The van der Waals surface area contributed by atoms with E-state index in [2.05, 4.69) is 4.98 Å². The third kappa shape index (κ3) is 3.05.